The molecule has 0 spiro atoms. The van der Waals surface area contributed by atoms with Gasteiger partial charge in [0.25, 0.3) is 0 Å². The van der Waals surface area contributed by atoms with E-state index in [0.717, 1.165) is 5.56 Å². The molecule has 0 aliphatic heterocycles. The van der Waals surface area contributed by atoms with E-state index in [4.69, 9.17) is 4.52 Å². The van der Waals surface area contributed by atoms with Crippen molar-refractivity contribution in [2.45, 2.75) is 32.1 Å². The number of thiophene rings is 1. The number of hydrogen-bond donors (Lipinski definition) is 2. The van der Waals surface area contributed by atoms with E-state index >= 15 is 0 Å². The van der Waals surface area contributed by atoms with Crippen molar-refractivity contribution in [1.82, 2.24) is 10.1 Å². The highest BCUT2D eigenvalue weighted by Gasteiger charge is 2.29. The van der Waals surface area contributed by atoms with E-state index in [0.29, 0.717) is 29.4 Å². The van der Waals surface area contributed by atoms with Crippen LogP contribution in [-0.2, 0) is 21.4 Å². The number of carbonyl (C=O) groups is 2. The molecule has 0 fully saturated rings. The van der Waals surface area contributed by atoms with E-state index in [1.807, 2.05) is 16.8 Å². The molecular formula is C19H19N3O4S. The number of anilines is 1. The minimum atomic E-state index is -0.985. The van der Waals surface area contributed by atoms with Gasteiger partial charge in [-0.25, -0.2) is 0 Å². The highest BCUT2D eigenvalue weighted by molar-refractivity contribution is 7.08. The minimum Gasteiger partial charge on any atom is -0.481 e. The maximum atomic E-state index is 12.1. The summed E-state index contributed by atoms with van der Waals surface area (Å²) in [7, 11) is 0. The lowest BCUT2D eigenvalue weighted by molar-refractivity contribution is -0.142. The van der Waals surface area contributed by atoms with E-state index in [9.17, 15) is 14.7 Å². The Hall–Kier alpha value is -3.00. The molecule has 0 atom stereocenters. The van der Waals surface area contributed by atoms with Crippen LogP contribution in [0.25, 0.3) is 11.4 Å². The lowest BCUT2D eigenvalue weighted by Crippen LogP contribution is -2.28. The molecule has 0 aliphatic carbocycles. The van der Waals surface area contributed by atoms with Gasteiger partial charge in [0, 0.05) is 29.5 Å². The summed E-state index contributed by atoms with van der Waals surface area (Å²) in [5.74, 6) is -0.163. The number of nitrogens with one attached hydrogen (secondary N) is 1. The number of carbonyl (C=O) groups excluding carboxylic acids is 1. The first-order valence-corrected chi connectivity index (χ1v) is 9.29. The molecule has 2 heterocycles. The monoisotopic (exact) mass is 385 g/mol. The summed E-state index contributed by atoms with van der Waals surface area (Å²) in [5.41, 5.74) is 1.18. The summed E-state index contributed by atoms with van der Waals surface area (Å²) in [5, 5.41) is 19.8. The van der Waals surface area contributed by atoms with Gasteiger partial charge in [-0.15, -0.1) is 0 Å². The summed E-state index contributed by atoms with van der Waals surface area (Å²) in [6.07, 6.45) is 0.542. The smallest absolute Gasteiger partial charge is 0.313 e. The minimum absolute atomic E-state index is 0.185. The molecule has 0 radical (unpaired) electrons. The lowest BCUT2D eigenvalue weighted by Gasteiger charge is -2.19. The molecule has 7 nitrogen and oxygen atoms in total. The second kappa shape index (κ2) is 7.71. The van der Waals surface area contributed by atoms with Gasteiger partial charge in [-0.3, -0.25) is 9.59 Å². The Bertz CT molecular complexity index is 930. The summed E-state index contributed by atoms with van der Waals surface area (Å²) < 4.78 is 5.17. The van der Waals surface area contributed by atoms with Crippen LogP contribution in [0.2, 0.25) is 0 Å². The number of nitrogens with zero attached hydrogens (tertiary/aromatic N) is 2. The molecule has 0 saturated heterocycles. The third-order valence-corrected chi connectivity index (χ3v) is 4.92. The Morgan fingerprint density at radius 2 is 1.96 bits per heavy atom. The van der Waals surface area contributed by atoms with Gasteiger partial charge in [0.05, 0.1) is 5.41 Å². The van der Waals surface area contributed by atoms with E-state index in [1.165, 1.54) is 0 Å². The van der Waals surface area contributed by atoms with Gasteiger partial charge in [-0.05, 0) is 43.0 Å². The van der Waals surface area contributed by atoms with Crippen molar-refractivity contribution in [3.8, 4) is 11.4 Å². The molecular weight excluding hydrogens is 366 g/mol. The van der Waals surface area contributed by atoms with Crippen LogP contribution in [-0.4, -0.2) is 27.1 Å². The van der Waals surface area contributed by atoms with Crippen molar-refractivity contribution >= 4 is 28.9 Å². The van der Waals surface area contributed by atoms with E-state index in [2.05, 4.69) is 15.5 Å². The number of aliphatic carboxylic acids is 1. The molecule has 0 unspecified atom stereocenters. The van der Waals surface area contributed by atoms with Gasteiger partial charge in [0.2, 0.25) is 17.6 Å². The van der Waals surface area contributed by atoms with Crippen molar-refractivity contribution in [1.29, 1.82) is 0 Å². The maximum Gasteiger partial charge on any atom is 0.313 e. The van der Waals surface area contributed by atoms with Crippen LogP contribution in [0.5, 0.6) is 0 Å². The number of amides is 1. The fourth-order valence-corrected chi connectivity index (χ4v) is 3.04. The molecule has 1 amide bonds. The Morgan fingerprint density at radius 1 is 1.22 bits per heavy atom. The fraction of sp³-hybridized carbons (Fsp3) is 0.263. The van der Waals surface area contributed by atoms with Gasteiger partial charge in [-0.2, -0.15) is 16.3 Å². The number of rotatable bonds is 7. The second-order valence-electron chi connectivity index (χ2n) is 6.58. The highest BCUT2D eigenvalue weighted by atomic mass is 32.1. The summed E-state index contributed by atoms with van der Waals surface area (Å²) in [4.78, 5) is 27.7. The van der Waals surface area contributed by atoms with Crippen LogP contribution in [0.3, 0.4) is 0 Å². The Morgan fingerprint density at radius 3 is 2.59 bits per heavy atom. The highest BCUT2D eigenvalue weighted by Crippen LogP contribution is 2.25. The lowest BCUT2D eigenvalue weighted by atomic mass is 9.85. The normalized spacial score (nSPS) is 11.3. The van der Waals surface area contributed by atoms with Crippen molar-refractivity contribution in [3.05, 3.63) is 52.5 Å². The molecule has 0 saturated carbocycles. The fourth-order valence-electron chi connectivity index (χ4n) is 2.40. The van der Waals surface area contributed by atoms with Crippen LogP contribution >= 0.6 is 11.3 Å². The largest absolute Gasteiger partial charge is 0.481 e. The molecule has 140 valence electrons. The molecule has 2 N–H and O–H groups in total. The first-order chi connectivity index (χ1) is 12.9. The number of aromatic nitrogens is 2. The quantitative estimate of drug-likeness (QED) is 0.642. The zero-order chi connectivity index (χ0) is 19.4. The Labute approximate surface area is 160 Å². The van der Waals surface area contributed by atoms with Gasteiger partial charge in [0.1, 0.15) is 0 Å². The van der Waals surface area contributed by atoms with Gasteiger partial charge in [0.15, 0.2) is 0 Å². The van der Waals surface area contributed by atoms with E-state index in [1.54, 1.807) is 49.4 Å². The van der Waals surface area contributed by atoms with Gasteiger partial charge < -0.3 is 14.9 Å². The van der Waals surface area contributed by atoms with Crippen molar-refractivity contribution in [2.24, 2.45) is 0 Å². The number of carboxylic acid groups (broad SMARTS) is 1. The molecule has 27 heavy (non-hydrogen) atoms. The molecule has 3 aromatic rings. The Balaban J connectivity index is 1.54. The second-order valence-corrected chi connectivity index (χ2v) is 7.36. The SMILES string of the molecule is CC(C)(C(=O)O)c1ccc(NC(=O)CCc2nc(-c3ccsc3)no2)cc1. The Kier molecular flexibility index (Phi) is 5.36. The molecule has 1 aromatic carbocycles. The number of hydrogen-bond acceptors (Lipinski definition) is 6. The van der Waals surface area contributed by atoms with E-state index in [-0.39, 0.29) is 12.3 Å². The molecule has 8 heteroatoms. The topological polar surface area (TPSA) is 105 Å². The zero-order valence-electron chi connectivity index (χ0n) is 14.9. The van der Waals surface area contributed by atoms with Crippen molar-refractivity contribution in [3.63, 3.8) is 0 Å². The van der Waals surface area contributed by atoms with Gasteiger partial charge in [-0.1, -0.05) is 17.3 Å². The number of aryl methyl sites for hydroxylation is 1. The van der Waals surface area contributed by atoms with Crippen LogP contribution in [0.4, 0.5) is 5.69 Å². The van der Waals surface area contributed by atoms with Crippen molar-refractivity contribution < 1.29 is 19.2 Å². The van der Waals surface area contributed by atoms with Crippen LogP contribution < -0.4 is 5.32 Å². The summed E-state index contributed by atoms with van der Waals surface area (Å²) >= 11 is 1.55. The molecule has 2 aromatic heterocycles. The third-order valence-electron chi connectivity index (χ3n) is 4.24. The average molecular weight is 385 g/mol. The first-order valence-electron chi connectivity index (χ1n) is 8.35. The number of benzene rings is 1. The third kappa shape index (κ3) is 4.40. The van der Waals surface area contributed by atoms with E-state index < -0.39 is 11.4 Å². The first kappa shape index (κ1) is 18.8. The van der Waals surface area contributed by atoms with Crippen molar-refractivity contribution in [2.75, 3.05) is 5.32 Å². The predicted molar refractivity (Wildman–Crippen MR) is 102 cm³/mol. The summed E-state index contributed by atoms with van der Waals surface area (Å²) in [6.45, 7) is 3.27. The predicted octanol–water partition coefficient (Wildman–Crippen LogP) is 3.73. The molecule has 3 rings (SSSR count). The van der Waals surface area contributed by atoms with Crippen LogP contribution in [0, 0.1) is 0 Å². The molecule has 0 aliphatic rings. The number of carboxylic acids is 1. The average Bonchev–Trinajstić information content (AvgIpc) is 3.32. The zero-order valence-corrected chi connectivity index (χ0v) is 15.7. The van der Waals surface area contributed by atoms with Crippen LogP contribution in [0.15, 0.2) is 45.6 Å². The standard InChI is InChI=1S/C19H19N3O4S/c1-19(2,18(24)25)13-3-5-14(6-4-13)20-15(23)7-8-16-21-17(22-26-16)12-9-10-27-11-12/h3-6,9-11H,7-8H2,1-2H3,(H,20,23)(H,24,25). The molecule has 0 bridgehead atoms. The maximum absolute atomic E-state index is 12.1. The van der Waals surface area contributed by atoms with Crippen LogP contribution in [0.1, 0.15) is 31.7 Å². The van der Waals surface area contributed by atoms with Gasteiger partial charge >= 0.3 is 5.97 Å². The summed E-state index contributed by atoms with van der Waals surface area (Å²) in [6, 6.07) is 8.70.